The Morgan fingerprint density at radius 1 is 0.931 bits per heavy atom. The molecular weight excluding hydrogens is 378 g/mol. The molecule has 0 saturated carbocycles. The minimum Gasteiger partial charge on any atom is -0.489 e. The molecule has 3 nitrogen and oxygen atoms in total. The van der Waals surface area contributed by atoms with Crippen LogP contribution in [0.25, 0.3) is 11.1 Å². The van der Waals surface area contributed by atoms with Gasteiger partial charge >= 0.3 is 0 Å². The van der Waals surface area contributed by atoms with Crippen molar-refractivity contribution in [2.45, 2.75) is 33.8 Å². The van der Waals surface area contributed by atoms with Gasteiger partial charge in [0.1, 0.15) is 12.4 Å². The lowest BCUT2D eigenvalue weighted by Gasteiger charge is -2.14. The third kappa shape index (κ3) is 6.01. The van der Waals surface area contributed by atoms with Gasteiger partial charge in [-0.05, 0) is 79.7 Å². The predicted molar refractivity (Wildman–Crippen MR) is 123 cm³/mol. The van der Waals surface area contributed by atoms with Crippen LogP contribution in [0.15, 0.2) is 54.6 Å². The van der Waals surface area contributed by atoms with Crippen molar-refractivity contribution in [3.8, 4) is 22.8 Å². The van der Waals surface area contributed by atoms with Gasteiger partial charge in [0.2, 0.25) is 5.88 Å². The number of nitrogens with zero attached hydrogens (tertiary/aromatic N) is 1. The molecule has 29 heavy (non-hydrogen) atoms. The molecule has 1 heterocycles. The third-order valence-corrected chi connectivity index (χ3v) is 5.42. The van der Waals surface area contributed by atoms with E-state index < -0.39 is 0 Å². The van der Waals surface area contributed by atoms with Crippen LogP contribution in [-0.4, -0.2) is 23.6 Å². The van der Waals surface area contributed by atoms with E-state index in [9.17, 15) is 0 Å². The number of hydrogen-bond acceptors (Lipinski definition) is 4. The molecule has 152 valence electrons. The number of thioether (sulfide) groups is 1. The monoisotopic (exact) mass is 407 g/mol. The molecular formula is C25H29NO2S. The first-order valence-corrected chi connectivity index (χ1v) is 11.3. The maximum Gasteiger partial charge on any atom is 0.213 e. The van der Waals surface area contributed by atoms with E-state index in [1.165, 1.54) is 16.7 Å². The SMILES string of the molecule is CSCCCOc1cc(C)c(-c2cccc(COc3cccc(C)c3)c2)c(C)n1. The molecule has 0 atom stereocenters. The number of hydrogen-bond donors (Lipinski definition) is 0. The first-order valence-electron chi connectivity index (χ1n) is 9.95. The molecule has 0 unspecified atom stereocenters. The zero-order valence-corrected chi connectivity index (χ0v) is 18.5. The molecule has 0 spiro atoms. The van der Waals surface area contributed by atoms with Crippen LogP contribution in [-0.2, 0) is 6.61 Å². The number of aryl methyl sites for hydroxylation is 3. The van der Waals surface area contributed by atoms with E-state index in [-0.39, 0.29) is 0 Å². The molecule has 0 aliphatic heterocycles. The van der Waals surface area contributed by atoms with E-state index in [1.54, 1.807) is 0 Å². The van der Waals surface area contributed by atoms with Crippen molar-refractivity contribution >= 4 is 11.8 Å². The van der Waals surface area contributed by atoms with Gasteiger partial charge in [-0.15, -0.1) is 0 Å². The van der Waals surface area contributed by atoms with Crippen LogP contribution in [0.1, 0.15) is 28.8 Å². The maximum atomic E-state index is 5.97. The summed E-state index contributed by atoms with van der Waals surface area (Å²) in [4.78, 5) is 4.68. The highest BCUT2D eigenvalue weighted by atomic mass is 32.2. The second-order valence-corrected chi connectivity index (χ2v) is 8.22. The maximum absolute atomic E-state index is 5.97. The second-order valence-electron chi connectivity index (χ2n) is 7.24. The molecule has 4 heteroatoms. The lowest BCUT2D eigenvalue weighted by Crippen LogP contribution is -2.03. The molecule has 2 aromatic carbocycles. The summed E-state index contributed by atoms with van der Waals surface area (Å²) in [7, 11) is 0. The zero-order valence-electron chi connectivity index (χ0n) is 17.7. The van der Waals surface area contributed by atoms with Gasteiger partial charge in [-0.25, -0.2) is 4.98 Å². The second kappa shape index (κ2) is 10.4. The van der Waals surface area contributed by atoms with Crippen molar-refractivity contribution in [2.75, 3.05) is 18.6 Å². The van der Waals surface area contributed by atoms with Gasteiger partial charge in [-0.1, -0.05) is 30.3 Å². The van der Waals surface area contributed by atoms with Gasteiger partial charge in [0, 0.05) is 17.3 Å². The van der Waals surface area contributed by atoms with Crippen molar-refractivity contribution in [1.82, 2.24) is 4.98 Å². The highest BCUT2D eigenvalue weighted by molar-refractivity contribution is 7.98. The average molecular weight is 408 g/mol. The van der Waals surface area contributed by atoms with Gasteiger partial charge in [-0.2, -0.15) is 11.8 Å². The number of rotatable bonds is 9. The van der Waals surface area contributed by atoms with Crippen LogP contribution in [0.5, 0.6) is 11.6 Å². The van der Waals surface area contributed by atoms with E-state index in [0.717, 1.165) is 34.7 Å². The Morgan fingerprint density at radius 3 is 2.52 bits per heavy atom. The van der Waals surface area contributed by atoms with E-state index in [0.29, 0.717) is 19.1 Å². The molecule has 0 aliphatic rings. The van der Waals surface area contributed by atoms with Crippen LogP contribution in [0.2, 0.25) is 0 Å². The zero-order chi connectivity index (χ0) is 20.6. The molecule has 0 fully saturated rings. The standard InChI is InChI=1S/C25H29NO2S/c1-18-8-5-11-23(14-18)28-17-21-9-6-10-22(16-21)25-19(2)15-24(26-20(25)3)27-12-7-13-29-4/h5-6,8-11,14-16H,7,12-13,17H2,1-4H3. The van der Waals surface area contributed by atoms with Crippen LogP contribution < -0.4 is 9.47 Å². The molecule has 0 aliphatic carbocycles. The van der Waals surface area contributed by atoms with Crippen molar-refractivity contribution in [3.63, 3.8) is 0 Å². The van der Waals surface area contributed by atoms with E-state index in [2.05, 4.69) is 61.5 Å². The largest absolute Gasteiger partial charge is 0.489 e. The van der Waals surface area contributed by atoms with Crippen molar-refractivity contribution < 1.29 is 9.47 Å². The minimum absolute atomic E-state index is 0.541. The summed E-state index contributed by atoms with van der Waals surface area (Å²) < 4.78 is 11.8. The summed E-state index contributed by atoms with van der Waals surface area (Å²) in [6.07, 6.45) is 3.15. The van der Waals surface area contributed by atoms with Gasteiger partial charge in [-0.3, -0.25) is 0 Å². The average Bonchev–Trinajstić information content (AvgIpc) is 2.70. The van der Waals surface area contributed by atoms with E-state index in [1.807, 2.05) is 36.9 Å². The Kier molecular flexibility index (Phi) is 7.59. The third-order valence-electron chi connectivity index (χ3n) is 4.73. The normalized spacial score (nSPS) is 10.8. The first kappa shape index (κ1) is 21.3. The molecule has 0 radical (unpaired) electrons. The lowest BCUT2D eigenvalue weighted by molar-refractivity contribution is 0.305. The van der Waals surface area contributed by atoms with Crippen LogP contribution in [0, 0.1) is 20.8 Å². The summed E-state index contributed by atoms with van der Waals surface area (Å²) in [6, 6.07) is 18.7. The molecule has 0 bridgehead atoms. The Labute approximate surface area is 178 Å². The number of pyridine rings is 1. The van der Waals surface area contributed by atoms with Gasteiger partial charge < -0.3 is 9.47 Å². The lowest BCUT2D eigenvalue weighted by atomic mass is 9.98. The highest BCUT2D eigenvalue weighted by Crippen LogP contribution is 2.29. The molecule has 3 aromatic rings. The van der Waals surface area contributed by atoms with Gasteiger partial charge in [0.05, 0.1) is 6.61 Å². The number of ether oxygens (including phenoxy) is 2. The van der Waals surface area contributed by atoms with Crippen molar-refractivity contribution in [1.29, 1.82) is 0 Å². The first-order chi connectivity index (χ1) is 14.1. The Balaban J connectivity index is 1.74. The fraction of sp³-hybridized carbons (Fsp3) is 0.320. The van der Waals surface area contributed by atoms with Gasteiger partial charge in [0.25, 0.3) is 0 Å². The highest BCUT2D eigenvalue weighted by Gasteiger charge is 2.11. The molecule has 0 saturated heterocycles. The van der Waals surface area contributed by atoms with E-state index >= 15 is 0 Å². The van der Waals surface area contributed by atoms with Crippen LogP contribution in [0.4, 0.5) is 0 Å². The Hall–Kier alpha value is -2.46. The Morgan fingerprint density at radius 2 is 1.76 bits per heavy atom. The fourth-order valence-electron chi connectivity index (χ4n) is 3.38. The predicted octanol–water partition coefficient (Wildman–Crippen LogP) is 6.38. The molecule has 1 aromatic heterocycles. The quantitative estimate of drug-likeness (QED) is 0.385. The van der Waals surface area contributed by atoms with Crippen LogP contribution >= 0.6 is 11.8 Å². The number of aromatic nitrogens is 1. The molecule has 3 rings (SSSR count). The molecule has 0 N–H and O–H groups in total. The molecule has 0 amide bonds. The summed E-state index contributed by atoms with van der Waals surface area (Å²) in [5.41, 5.74) is 6.82. The smallest absolute Gasteiger partial charge is 0.213 e. The van der Waals surface area contributed by atoms with Crippen molar-refractivity contribution in [2.24, 2.45) is 0 Å². The summed E-state index contributed by atoms with van der Waals surface area (Å²) in [5.74, 6) is 2.71. The topological polar surface area (TPSA) is 31.4 Å². The van der Waals surface area contributed by atoms with E-state index in [4.69, 9.17) is 9.47 Å². The Bertz CT molecular complexity index is 932. The van der Waals surface area contributed by atoms with Gasteiger partial charge in [0.15, 0.2) is 0 Å². The fourth-order valence-corrected chi connectivity index (χ4v) is 3.78. The summed E-state index contributed by atoms with van der Waals surface area (Å²) in [5, 5.41) is 0. The van der Waals surface area contributed by atoms with Crippen molar-refractivity contribution in [3.05, 3.63) is 77.0 Å². The summed E-state index contributed by atoms with van der Waals surface area (Å²) in [6.45, 7) is 7.49. The minimum atomic E-state index is 0.541. The van der Waals surface area contributed by atoms with Crippen LogP contribution in [0.3, 0.4) is 0 Å². The number of benzene rings is 2. The summed E-state index contributed by atoms with van der Waals surface area (Å²) >= 11 is 1.84.